The van der Waals surface area contributed by atoms with E-state index in [1.165, 1.54) is 0 Å². The normalized spacial score (nSPS) is 11.0. The Labute approximate surface area is 139 Å². The molecule has 0 aliphatic carbocycles. The summed E-state index contributed by atoms with van der Waals surface area (Å²) in [5, 5.41) is 10.9. The fourth-order valence-electron chi connectivity index (χ4n) is 2.30. The van der Waals surface area contributed by atoms with Gasteiger partial charge in [-0.25, -0.2) is 4.68 Å². The van der Waals surface area contributed by atoms with Gasteiger partial charge in [-0.15, -0.1) is 0 Å². The van der Waals surface area contributed by atoms with Crippen molar-refractivity contribution >= 4 is 11.7 Å². The molecule has 1 N–H and O–H groups in total. The molecule has 0 spiro atoms. The molecule has 3 aromatic rings. The number of anilines is 1. The van der Waals surface area contributed by atoms with Crippen molar-refractivity contribution in [2.45, 2.75) is 27.3 Å². The third-order valence-corrected chi connectivity index (χ3v) is 3.42. The molecule has 124 valence electrons. The monoisotopic (exact) mass is 325 g/mol. The van der Waals surface area contributed by atoms with E-state index in [4.69, 9.17) is 4.52 Å². The summed E-state index contributed by atoms with van der Waals surface area (Å²) in [6, 6.07) is 8.82. The summed E-state index contributed by atoms with van der Waals surface area (Å²) >= 11 is 0. The molecule has 3 rings (SSSR count). The van der Waals surface area contributed by atoms with Gasteiger partial charge in [0.15, 0.2) is 5.82 Å². The molecule has 24 heavy (non-hydrogen) atoms. The number of aryl methyl sites for hydroxylation is 1. The summed E-state index contributed by atoms with van der Waals surface area (Å²) in [5.74, 6) is 1.96. The zero-order valence-electron chi connectivity index (χ0n) is 13.9. The first-order valence-corrected chi connectivity index (χ1v) is 7.77. The molecule has 0 radical (unpaired) electrons. The van der Waals surface area contributed by atoms with Gasteiger partial charge < -0.3 is 9.84 Å². The van der Waals surface area contributed by atoms with E-state index in [2.05, 4.69) is 34.4 Å². The lowest BCUT2D eigenvalue weighted by Gasteiger charge is -2.11. The second kappa shape index (κ2) is 6.66. The fraction of sp³-hybridized carbons (Fsp3) is 0.294. The van der Waals surface area contributed by atoms with E-state index in [-0.39, 0.29) is 5.91 Å². The Balaban J connectivity index is 1.73. The molecule has 0 aliphatic heterocycles. The molecule has 0 saturated carbocycles. The highest BCUT2D eigenvalue weighted by molar-refractivity contribution is 6.04. The van der Waals surface area contributed by atoms with Gasteiger partial charge in [-0.3, -0.25) is 4.79 Å². The number of carbonyl (C=O) groups excluding carboxylic acids is 1. The van der Waals surface area contributed by atoms with Crippen LogP contribution in [0.5, 0.6) is 0 Å². The van der Waals surface area contributed by atoms with E-state index in [1.54, 1.807) is 48.1 Å². The third kappa shape index (κ3) is 3.51. The molecule has 0 atom stereocenters. The Bertz CT molecular complexity index is 833. The number of aromatic nitrogens is 4. The molecule has 0 unspecified atom stereocenters. The van der Waals surface area contributed by atoms with E-state index in [0.717, 1.165) is 12.1 Å². The second-order valence-electron chi connectivity index (χ2n) is 5.97. The Morgan fingerprint density at radius 1 is 1.25 bits per heavy atom. The molecule has 1 aromatic carbocycles. The van der Waals surface area contributed by atoms with Crippen LogP contribution in [0.15, 0.2) is 41.1 Å². The number of nitrogens with zero attached hydrogens (tertiary/aromatic N) is 4. The lowest BCUT2D eigenvalue weighted by atomic mass is 10.1. The van der Waals surface area contributed by atoms with Crippen molar-refractivity contribution in [3.05, 3.63) is 47.9 Å². The van der Waals surface area contributed by atoms with Crippen LogP contribution in [0.4, 0.5) is 5.82 Å². The Morgan fingerprint density at radius 2 is 2.00 bits per heavy atom. The zero-order chi connectivity index (χ0) is 17.1. The number of amides is 1. The van der Waals surface area contributed by atoms with Crippen molar-refractivity contribution in [1.29, 1.82) is 0 Å². The summed E-state index contributed by atoms with van der Waals surface area (Å²) in [4.78, 5) is 16.6. The minimum Gasteiger partial charge on any atom is -0.334 e. The summed E-state index contributed by atoms with van der Waals surface area (Å²) in [5.41, 5.74) is 1.32. The third-order valence-electron chi connectivity index (χ3n) is 3.42. The van der Waals surface area contributed by atoms with Crippen LogP contribution in [0.2, 0.25) is 0 Å². The van der Waals surface area contributed by atoms with Crippen molar-refractivity contribution in [1.82, 2.24) is 19.9 Å². The van der Waals surface area contributed by atoms with Crippen molar-refractivity contribution in [2.24, 2.45) is 5.92 Å². The first-order valence-electron chi connectivity index (χ1n) is 7.77. The summed E-state index contributed by atoms with van der Waals surface area (Å²) in [7, 11) is 0. The number of benzene rings is 1. The van der Waals surface area contributed by atoms with Crippen molar-refractivity contribution in [3.63, 3.8) is 0 Å². The molecule has 0 aliphatic rings. The molecular weight excluding hydrogens is 306 g/mol. The van der Waals surface area contributed by atoms with Crippen LogP contribution in [0.25, 0.3) is 11.5 Å². The van der Waals surface area contributed by atoms with E-state index in [9.17, 15) is 4.79 Å². The standard InChI is InChI=1S/C17H19N5O2/c1-11(2)10-22-15(8-9-18-22)20-16(23)13-4-6-14(7-5-13)17-19-12(3)21-24-17/h4-9,11H,10H2,1-3H3,(H,20,23). The van der Waals surface area contributed by atoms with Crippen molar-refractivity contribution < 1.29 is 9.32 Å². The van der Waals surface area contributed by atoms with Crippen LogP contribution in [0.1, 0.15) is 30.0 Å². The van der Waals surface area contributed by atoms with Gasteiger partial charge in [0.05, 0.1) is 6.20 Å². The van der Waals surface area contributed by atoms with E-state index < -0.39 is 0 Å². The molecule has 7 heteroatoms. The number of hydrogen-bond acceptors (Lipinski definition) is 5. The Morgan fingerprint density at radius 3 is 2.62 bits per heavy atom. The van der Waals surface area contributed by atoms with Gasteiger partial charge in [0.2, 0.25) is 0 Å². The van der Waals surface area contributed by atoms with E-state index in [0.29, 0.717) is 29.0 Å². The number of hydrogen-bond donors (Lipinski definition) is 1. The molecule has 0 saturated heterocycles. The average Bonchev–Trinajstić information content (AvgIpc) is 3.16. The number of carbonyl (C=O) groups is 1. The van der Waals surface area contributed by atoms with Crippen LogP contribution < -0.4 is 5.32 Å². The average molecular weight is 325 g/mol. The summed E-state index contributed by atoms with van der Waals surface area (Å²) < 4.78 is 6.91. The van der Waals surface area contributed by atoms with E-state index >= 15 is 0 Å². The molecule has 2 heterocycles. The molecule has 0 bridgehead atoms. The van der Waals surface area contributed by atoms with Gasteiger partial charge in [0.1, 0.15) is 5.82 Å². The topological polar surface area (TPSA) is 85.8 Å². The predicted molar refractivity (Wildman–Crippen MR) is 89.5 cm³/mol. The highest BCUT2D eigenvalue weighted by atomic mass is 16.5. The highest BCUT2D eigenvalue weighted by Crippen LogP contribution is 2.18. The minimum atomic E-state index is -0.186. The highest BCUT2D eigenvalue weighted by Gasteiger charge is 2.12. The number of rotatable bonds is 5. The van der Waals surface area contributed by atoms with Crippen molar-refractivity contribution in [3.8, 4) is 11.5 Å². The van der Waals surface area contributed by atoms with Gasteiger partial charge in [-0.2, -0.15) is 10.1 Å². The Kier molecular flexibility index (Phi) is 4.41. The minimum absolute atomic E-state index is 0.186. The van der Waals surface area contributed by atoms with Crippen LogP contribution in [-0.4, -0.2) is 25.8 Å². The van der Waals surface area contributed by atoms with Crippen LogP contribution >= 0.6 is 0 Å². The lowest BCUT2D eigenvalue weighted by Crippen LogP contribution is -2.17. The van der Waals surface area contributed by atoms with Gasteiger partial charge in [-0.05, 0) is 37.1 Å². The maximum Gasteiger partial charge on any atom is 0.257 e. The van der Waals surface area contributed by atoms with Crippen LogP contribution in [-0.2, 0) is 6.54 Å². The maximum absolute atomic E-state index is 12.4. The molecule has 0 fully saturated rings. The van der Waals surface area contributed by atoms with E-state index in [1.807, 2.05) is 0 Å². The first kappa shape index (κ1) is 15.9. The van der Waals surface area contributed by atoms with Gasteiger partial charge in [0, 0.05) is 23.7 Å². The predicted octanol–water partition coefficient (Wildman–Crippen LogP) is 3.15. The lowest BCUT2D eigenvalue weighted by molar-refractivity contribution is 0.102. The van der Waals surface area contributed by atoms with Crippen molar-refractivity contribution in [2.75, 3.05) is 5.32 Å². The largest absolute Gasteiger partial charge is 0.334 e. The molecule has 7 nitrogen and oxygen atoms in total. The Hall–Kier alpha value is -2.96. The van der Waals surface area contributed by atoms with Gasteiger partial charge >= 0.3 is 0 Å². The fourth-order valence-corrected chi connectivity index (χ4v) is 2.30. The maximum atomic E-state index is 12.4. The van der Waals surface area contributed by atoms with Crippen LogP contribution in [0.3, 0.4) is 0 Å². The summed E-state index contributed by atoms with van der Waals surface area (Å²) in [6.07, 6.45) is 1.68. The number of nitrogens with one attached hydrogen (secondary N) is 1. The smallest absolute Gasteiger partial charge is 0.257 e. The van der Waals surface area contributed by atoms with Gasteiger partial charge in [-0.1, -0.05) is 19.0 Å². The zero-order valence-corrected chi connectivity index (χ0v) is 13.9. The van der Waals surface area contributed by atoms with Gasteiger partial charge in [0.25, 0.3) is 11.8 Å². The molecule has 1 amide bonds. The summed E-state index contributed by atoms with van der Waals surface area (Å²) in [6.45, 7) is 6.71. The van der Waals surface area contributed by atoms with Crippen LogP contribution in [0, 0.1) is 12.8 Å². The quantitative estimate of drug-likeness (QED) is 0.779. The SMILES string of the molecule is Cc1noc(-c2ccc(C(=O)Nc3ccnn3CC(C)C)cc2)n1. The molecule has 2 aromatic heterocycles. The first-order chi connectivity index (χ1) is 11.5. The second-order valence-corrected chi connectivity index (χ2v) is 5.97. The molecular formula is C17H19N5O2.